The largest absolute Gasteiger partial charge is 0.477 e. The molecule has 0 spiro atoms. The number of carbonyl (C=O) groups is 1. The van der Waals surface area contributed by atoms with Crippen molar-refractivity contribution in [3.05, 3.63) is 34.5 Å². The van der Waals surface area contributed by atoms with Crippen molar-refractivity contribution >= 4 is 39.2 Å². The van der Waals surface area contributed by atoms with Crippen LogP contribution in [0.3, 0.4) is 0 Å². The van der Waals surface area contributed by atoms with Crippen molar-refractivity contribution in [2.75, 3.05) is 11.5 Å². The zero-order valence-electron chi connectivity index (χ0n) is 12.0. The molecule has 0 radical (unpaired) electrons. The normalized spacial score (nSPS) is 12.7. The minimum absolute atomic E-state index is 0.220. The Balaban J connectivity index is 2.28. The molecule has 0 amide bonds. The van der Waals surface area contributed by atoms with E-state index in [1.165, 1.54) is 6.07 Å². The van der Waals surface area contributed by atoms with Gasteiger partial charge in [0, 0.05) is 34.0 Å². The fourth-order valence-electron chi connectivity index (χ4n) is 2.14. The molecular weight excluding hydrogens is 309 g/mol. The second-order valence-corrected chi connectivity index (χ2v) is 7.14. The average molecular weight is 327 g/mol. The van der Waals surface area contributed by atoms with Gasteiger partial charge in [-0.1, -0.05) is 13.0 Å². The van der Waals surface area contributed by atoms with Crippen LogP contribution in [0.4, 0.5) is 4.39 Å². The number of thiophene rings is 1. The van der Waals surface area contributed by atoms with E-state index >= 15 is 0 Å². The van der Waals surface area contributed by atoms with Crippen LogP contribution in [-0.2, 0) is 6.54 Å². The molecule has 6 heteroatoms. The molecular formula is C15H18FNO2S2. The molecule has 0 fully saturated rings. The van der Waals surface area contributed by atoms with Crippen LogP contribution in [0.25, 0.3) is 10.1 Å². The van der Waals surface area contributed by atoms with Gasteiger partial charge in [-0.3, -0.25) is 0 Å². The zero-order chi connectivity index (χ0) is 15.4. The number of aromatic carboxylic acids is 1. The third-order valence-electron chi connectivity index (χ3n) is 3.16. The number of halogens is 1. The second-order valence-electron chi connectivity index (χ2n) is 4.77. The molecule has 1 unspecified atom stereocenters. The van der Waals surface area contributed by atoms with Crippen LogP contribution < -0.4 is 5.32 Å². The highest BCUT2D eigenvalue weighted by Gasteiger charge is 2.20. The van der Waals surface area contributed by atoms with Gasteiger partial charge in [-0.05, 0) is 24.8 Å². The van der Waals surface area contributed by atoms with E-state index in [9.17, 15) is 14.3 Å². The van der Waals surface area contributed by atoms with E-state index in [0.717, 1.165) is 22.8 Å². The first-order valence-electron chi connectivity index (χ1n) is 6.78. The summed E-state index contributed by atoms with van der Waals surface area (Å²) in [7, 11) is 0. The van der Waals surface area contributed by atoms with E-state index in [1.54, 1.807) is 12.1 Å². The van der Waals surface area contributed by atoms with Crippen LogP contribution in [-0.4, -0.2) is 28.6 Å². The summed E-state index contributed by atoms with van der Waals surface area (Å²) in [6, 6.07) is 4.99. The van der Waals surface area contributed by atoms with E-state index in [-0.39, 0.29) is 16.7 Å². The minimum atomic E-state index is -0.997. The quantitative estimate of drug-likeness (QED) is 0.808. The van der Waals surface area contributed by atoms with Crippen molar-refractivity contribution in [3.8, 4) is 0 Å². The number of fused-ring (bicyclic) bond motifs is 1. The molecule has 0 saturated heterocycles. The van der Waals surface area contributed by atoms with Crippen LogP contribution in [0.5, 0.6) is 0 Å². The fraction of sp³-hybridized carbons (Fsp3) is 0.400. The van der Waals surface area contributed by atoms with E-state index < -0.39 is 5.97 Å². The molecule has 0 bridgehead atoms. The summed E-state index contributed by atoms with van der Waals surface area (Å²) < 4.78 is 14.7. The van der Waals surface area contributed by atoms with Crippen molar-refractivity contribution in [1.29, 1.82) is 0 Å². The molecule has 1 aromatic heterocycles. The van der Waals surface area contributed by atoms with Crippen molar-refractivity contribution in [2.45, 2.75) is 26.4 Å². The molecule has 1 aromatic carbocycles. The molecule has 0 aliphatic heterocycles. The summed E-state index contributed by atoms with van der Waals surface area (Å²) in [6.45, 7) is 4.52. The van der Waals surface area contributed by atoms with Gasteiger partial charge in [0.25, 0.3) is 0 Å². The van der Waals surface area contributed by atoms with Crippen molar-refractivity contribution in [2.24, 2.45) is 0 Å². The lowest BCUT2D eigenvalue weighted by Gasteiger charge is -2.13. The van der Waals surface area contributed by atoms with Crippen molar-refractivity contribution < 1.29 is 14.3 Å². The minimum Gasteiger partial charge on any atom is -0.477 e. The Hall–Kier alpha value is -1.11. The summed E-state index contributed by atoms with van der Waals surface area (Å²) in [5.74, 6) is 0.637. The smallest absolute Gasteiger partial charge is 0.346 e. The Morgan fingerprint density at radius 3 is 2.95 bits per heavy atom. The van der Waals surface area contributed by atoms with Crippen LogP contribution in [0.15, 0.2) is 18.2 Å². The predicted octanol–water partition coefficient (Wildman–Crippen LogP) is 3.97. The van der Waals surface area contributed by atoms with Gasteiger partial charge in [0.05, 0.1) is 0 Å². The van der Waals surface area contributed by atoms with E-state index in [0.29, 0.717) is 22.2 Å². The standard InChI is InChI=1S/C15H18FNO2S2/c1-3-20-8-9(2)17-7-10-13-11(16)5-4-6-12(13)21-14(10)15(18)19/h4-6,9,17H,3,7-8H2,1-2H3,(H,18,19). The van der Waals surface area contributed by atoms with Crippen LogP contribution >= 0.6 is 23.1 Å². The molecule has 1 heterocycles. The lowest BCUT2D eigenvalue weighted by atomic mass is 10.1. The topological polar surface area (TPSA) is 49.3 Å². The van der Waals surface area contributed by atoms with Gasteiger partial charge in [-0.25, -0.2) is 9.18 Å². The Kier molecular flexibility index (Phi) is 5.61. The number of rotatable bonds is 7. The number of benzene rings is 1. The number of hydrogen-bond acceptors (Lipinski definition) is 4. The summed E-state index contributed by atoms with van der Waals surface area (Å²) >= 11 is 2.95. The number of nitrogens with one attached hydrogen (secondary N) is 1. The van der Waals surface area contributed by atoms with Crippen LogP contribution in [0.1, 0.15) is 29.1 Å². The first kappa shape index (κ1) is 16.3. The summed E-state index contributed by atoms with van der Waals surface area (Å²) in [4.78, 5) is 11.6. The molecule has 2 aromatic rings. The molecule has 2 N–H and O–H groups in total. The molecule has 0 aliphatic rings. The Morgan fingerprint density at radius 2 is 2.29 bits per heavy atom. The lowest BCUT2D eigenvalue weighted by Crippen LogP contribution is -2.28. The monoisotopic (exact) mass is 327 g/mol. The average Bonchev–Trinajstić information content (AvgIpc) is 2.83. The molecule has 0 aliphatic carbocycles. The Morgan fingerprint density at radius 1 is 1.52 bits per heavy atom. The van der Waals surface area contributed by atoms with E-state index in [2.05, 4.69) is 12.2 Å². The Labute approximate surface area is 131 Å². The third kappa shape index (κ3) is 3.75. The molecule has 2 rings (SSSR count). The highest BCUT2D eigenvalue weighted by molar-refractivity contribution is 7.99. The van der Waals surface area contributed by atoms with Gasteiger partial charge in [-0.2, -0.15) is 11.8 Å². The van der Waals surface area contributed by atoms with Gasteiger partial charge in [-0.15, -0.1) is 11.3 Å². The first-order valence-corrected chi connectivity index (χ1v) is 8.76. The maximum absolute atomic E-state index is 14.0. The molecule has 3 nitrogen and oxygen atoms in total. The fourth-order valence-corrected chi connectivity index (χ4v) is 3.92. The summed E-state index contributed by atoms with van der Waals surface area (Å²) in [5, 5.41) is 13.0. The highest BCUT2D eigenvalue weighted by Crippen LogP contribution is 2.33. The van der Waals surface area contributed by atoms with Gasteiger partial charge in [0.2, 0.25) is 0 Å². The maximum atomic E-state index is 14.0. The Bertz CT molecular complexity index is 642. The highest BCUT2D eigenvalue weighted by atomic mass is 32.2. The van der Waals surface area contributed by atoms with Gasteiger partial charge >= 0.3 is 5.97 Å². The molecule has 114 valence electrons. The van der Waals surface area contributed by atoms with Crippen LogP contribution in [0, 0.1) is 5.82 Å². The first-order chi connectivity index (χ1) is 10.0. The van der Waals surface area contributed by atoms with Gasteiger partial charge in [0.1, 0.15) is 10.7 Å². The zero-order valence-corrected chi connectivity index (χ0v) is 13.6. The number of hydrogen-bond donors (Lipinski definition) is 2. The molecule has 1 atom stereocenters. The third-order valence-corrected chi connectivity index (χ3v) is 5.49. The van der Waals surface area contributed by atoms with Gasteiger partial charge in [0.15, 0.2) is 0 Å². The van der Waals surface area contributed by atoms with Gasteiger partial charge < -0.3 is 10.4 Å². The number of carboxylic acid groups (broad SMARTS) is 1. The predicted molar refractivity (Wildman–Crippen MR) is 88.0 cm³/mol. The molecule has 21 heavy (non-hydrogen) atoms. The van der Waals surface area contributed by atoms with E-state index in [4.69, 9.17) is 0 Å². The summed E-state index contributed by atoms with van der Waals surface area (Å²) in [5.41, 5.74) is 0.550. The second kappa shape index (κ2) is 7.24. The molecule has 0 saturated carbocycles. The van der Waals surface area contributed by atoms with Crippen molar-refractivity contribution in [3.63, 3.8) is 0 Å². The lowest BCUT2D eigenvalue weighted by molar-refractivity contribution is 0.0701. The van der Waals surface area contributed by atoms with Crippen molar-refractivity contribution in [1.82, 2.24) is 5.32 Å². The maximum Gasteiger partial charge on any atom is 0.346 e. The number of thioether (sulfide) groups is 1. The van der Waals surface area contributed by atoms with Crippen LogP contribution in [0.2, 0.25) is 0 Å². The number of carboxylic acids is 1. The summed E-state index contributed by atoms with van der Waals surface area (Å²) in [6.07, 6.45) is 0. The van der Waals surface area contributed by atoms with E-state index in [1.807, 2.05) is 18.7 Å². The SMILES string of the molecule is CCSCC(C)NCc1c(C(=O)O)sc2cccc(F)c12.